The number of carbonyl (C=O) groups is 1. The zero-order valence-electron chi connectivity index (χ0n) is 11.5. The Bertz CT molecular complexity index is 462. The first-order valence-corrected chi connectivity index (χ1v) is 6.59. The normalized spacial score (nSPS) is 19.1. The molecule has 0 aliphatic carbocycles. The van der Waals surface area contributed by atoms with E-state index in [0.29, 0.717) is 23.0 Å². The maximum atomic E-state index is 12.1. The second-order valence-corrected chi connectivity index (χ2v) is 5.08. The molecule has 1 saturated heterocycles. The molecule has 1 atom stereocenters. The Kier molecular flexibility index (Phi) is 4.14. The molecule has 1 aromatic carbocycles. The second kappa shape index (κ2) is 5.82. The van der Waals surface area contributed by atoms with E-state index in [1.165, 1.54) is 6.42 Å². The third-order valence-electron chi connectivity index (χ3n) is 3.43. The van der Waals surface area contributed by atoms with Crippen LogP contribution in [-0.4, -0.2) is 31.1 Å². The number of likely N-dealkylation sites (tertiary alicyclic amines) is 1. The third kappa shape index (κ3) is 3.30. The molecule has 3 N–H and O–H groups in total. The number of nitrogens with two attached hydrogens (primary N) is 1. The fraction of sp³-hybridized carbons (Fsp3) is 0.500. The number of hydrogen-bond acceptors (Lipinski definition) is 3. The molecule has 5 nitrogen and oxygen atoms in total. The molecule has 2 rings (SSSR count). The van der Waals surface area contributed by atoms with Crippen molar-refractivity contribution >= 4 is 17.4 Å². The maximum Gasteiger partial charge on any atom is 0.321 e. The van der Waals surface area contributed by atoms with E-state index in [1.807, 2.05) is 4.90 Å². The fourth-order valence-electron chi connectivity index (χ4n) is 2.37. The van der Waals surface area contributed by atoms with Crippen molar-refractivity contribution in [1.29, 1.82) is 0 Å². The molecule has 2 amide bonds. The van der Waals surface area contributed by atoms with E-state index in [2.05, 4.69) is 12.2 Å². The first-order chi connectivity index (χ1) is 9.10. The van der Waals surface area contributed by atoms with E-state index in [9.17, 15) is 4.79 Å². The smallest absolute Gasteiger partial charge is 0.321 e. The summed E-state index contributed by atoms with van der Waals surface area (Å²) in [6.45, 7) is 3.81. The molecule has 0 radical (unpaired) electrons. The number of urea groups is 1. The van der Waals surface area contributed by atoms with Crippen molar-refractivity contribution in [3.05, 3.63) is 18.2 Å². The molecule has 1 unspecified atom stereocenters. The van der Waals surface area contributed by atoms with Gasteiger partial charge in [0.15, 0.2) is 0 Å². The minimum absolute atomic E-state index is 0.0571. The number of nitrogen functional groups attached to an aromatic ring is 1. The summed E-state index contributed by atoms with van der Waals surface area (Å²) in [5.74, 6) is 1.14. The summed E-state index contributed by atoms with van der Waals surface area (Å²) in [5.41, 5.74) is 7.01. The van der Waals surface area contributed by atoms with Gasteiger partial charge < -0.3 is 20.7 Å². The van der Waals surface area contributed by atoms with Crippen molar-refractivity contribution in [2.45, 2.75) is 19.8 Å². The summed E-state index contributed by atoms with van der Waals surface area (Å²) < 4.78 is 5.14. The number of piperidine rings is 1. The second-order valence-electron chi connectivity index (χ2n) is 5.08. The summed E-state index contributed by atoms with van der Waals surface area (Å²) in [7, 11) is 1.56. The predicted molar refractivity (Wildman–Crippen MR) is 76.4 cm³/mol. The monoisotopic (exact) mass is 263 g/mol. The van der Waals surface area contributed by atoms with Gasteiger partial charge in [-0.2, -0.15) is 0 Å². The predicted octanol–water partition coefficient (Wildman–Crippen LogP) is 2.54. The van der Waals surface area contributed by atoms with Gasteiger partial charge in [-0.25, -0.2) is 4.79 Å². The van der Waals surface area contributed by atoms with Crippen LogP contribution in [0, 0.1) is 5.92 Å². The molecule has 1 aromatic rings. The molecule has 1 aliphatic rings. The van der Waals surface area contributed by atoms with Crippen molar-refractivity contribution in [2.24, 2.45) is 5.92 Å². The minimum atomic E-state index is -0.0571. The molecule has 104 valence electrons. The fourth-order valence-corrected chi connectivity index (χ4v) is 2.37. The van der Waals surface area contributed by atoms with Gasteiger partial charge in [-0.3, -0.25) is 0 Å². The average Bonchev–Trinajstić information content (AvgIpc) is 2.41. The molecule has 1 aliphatic heterocycles. The van der Waals surface area contributed by atoms with Gasteiger partial charge in [0.2, 0.25) is 0 Å². The number of amides is 2. The number of ether oxygens (including phenoxy) is 1. The van der Waals surface area contributed by atoms with Crippen LogP contribution in [0.25, 0.3) is 0 Å². The first kappa shape index (κ1) is 13.5. The van der Waals surface area contributed by atoms with E-state index in [4.69, 9.17) is 10.5 Å². The number of carbonyl (C=O) groups excluding carboxylic acids is 1. The van der Waals surface area contributed by atoms with Crippen LogP contribution >= 0.6 is 0 Å². The Morgan fingerprint density at radius 3 is 3.00 bits per heavy atom. The van der Waals surface area contributed by atoms with Crippen LogP contribution in [0.2, 0.25) is 0 Å². The topological polar surface area (TPSA) is 67.6 Å². The van der Waals surface area contributed by atoms with Gasteiger partial charge in [-0.15, -0.1) is 0 Å². The van der Waals surface area contributed by atoms with Crippen LogP contribution in [0.4, 0.5) is 16.2 Å². The standard InChI is InChI=1S/C14H21N3O2/c1-10-4-3-7-17(9-10)14(18)16-11-5-6-12(15)13(8-11)19-2/h5-6,8,10H,3-4,7,9,15H2,1-2H3,(H,16,18). The molecular formula is C14H21N3O2. The van der Waals surface area contributed by atoms with E-state index in [1.54, 1.807) is 25.3 Å². The lowest BCUT2D eigenvalue weighted by atomic mass is 10.0. The molecule has 0 spiro atoms. The Balaban J connectivity index is 2.02. The Labute approximate surface area is 113 Å². The van der Waals surface area contributed by atoms with Gasteiger partial charge in [0.25, 0.3) is 0 Å². The highest BCUT2D eigenvalue weighted by Gasteiger charge is 2.20. The number of methoxy groups -OCH3 is 1. The Morgan fingerprint density at radius 2 is 2.32 bits per heavy atom. The van der Waals surface area contributed by atoms with Gasteiger partial charge in [-0.05, 0) is 30.9 Å². The van der Waals surface area contributed by atoms with Crippen molar-refractivity contribution in [3.8, 4) is 5.75 Å². The molecular weight excluding hydrogens is 242 g/mol. The number of nitrogens with zero attached hydrogens (tertiary/aromatic N) is 1. The van der Waals surface area contributed by atoms with Gasteiger partial charge in [-0.1, -0.05) is 6.92 Å². The Morgan fingerprint density at radius 1 is 1.53 bits per heavy atom. The minimum Gasteiger partial charge on any atom is -0.495 e. The highest BCUT2D eigenvalue weighted by molar-refractivity contribution is 5.90. The molecule has 0 saturated carbocycles. The molecule has 1 fully saturated rings. The van der Waals surface area contributed by atoms with Gasteiger partial charge in [0, 0.05) is 24.8 Å². The zero-order chi connectivity index (χ0) is 13.8. The van der Waals surface area contributed by atoms with E-state index in [0.717, 1.165) is 19.5 Å². The van der Waals surface area contributed by atoms with Crippen molar-refractivity contribution in [3.63, 3.8) is 0 Å². The van der Waals surface area contributed by atoms with E-state index >= 15 is 0 Å². The summed E-state index contributed by atoms with van der Waals surface area (Å²) in [6.07, 6.45) is 2.26. The van der Waals surface area contributed by atoms with Crippen molar-refractivity contribution in [1.82, 2.24) is 4.90 Å². The molecule has 1 heterocycles. The zero-order valence-corrected chi connectivity index (χ0v) is 11.5. The van der Waals surface area contributed by atoms with Crippen LogP contribution in [0.15, 0.2) is 18.2 Å². The number of hydrogen-bond donors (Lipinski definition) is 2. The summed E-state index contributed by atoms with van der Waals surface area (Å²) in [6, 6.07) is 5.19. The van der Waals surface area contributed by atoms with Crippen LogP contribution in [0.1, 0.15) is 19.8 Å². The number of nitrogens with one attached hydrogen (secondary N) is 1. The largest absolute Gasteiger partial charge is 0.495 e. The maximum absolute atomic E-state index is 12.1. The summed E-state index contributed by atoms with van der Waals surface area (Å²) >= 11 is 0. The highest BCUT2D eigenvalue weighted by atomic mass is 16.5. The van der Waals surface area contributed by atoms with Crippen LogP contribution in [-0.2, 0) is 0 Å². The van der Waals surface area contributed by atoms with Gasteiger partial charge in [0.05, 0.1) is 12.8 Å². The number of rotatable bonds is 2. The third-order valence-corrected chi connectivity index (χ3v) is 3.43. The quantitative estimate of drug-likeness (QED) is 0.806. The van der Waals surface area contributed by atoms with Crippen LogP contribution < -0.4 is 15.8 Å². The number of benzene rings is 1. The summed E-state index contributed by atoms with van der Waals surface area (Å²) in [5, 5.41) is 2.89. The molecule has 19 heavy (non-hydrogen) atoms. The van der Waals surface area contributed by atoms with E-state index in [-0.39, 0.29) is 6.03 Å². The average molecular weight is 263 g/mol. The van der Waals surface area contributed by atoms with Crippen molar-refractivity contribution in [2.75, 3.05) is 31.2 Å². The molecule has 5 heteroatoms. The van der Waals surface area contributed by atoms with E-state index < -0.39 is 0 Å². The van der Waals surface area contributed by atoms with Gasteiger partial charge in [0.1, 0.15) is 5.75 Å². The van der Waals surface area contributed by atoms with Crippen LogP contribution in [0.3, 0.4) is 0 Å². The van der Waals surface area contributed by atoms with Crippen molar-refractivity contribution < 1.29 is 9.53 Å². The first-order valence-electron chi connectivity index (χ1n) is 6.59. The molecule has 0 aromatic heterocycles. The lowest BCUT2D eigenvalue weighted by molar-refractivity contribution is 0.182. The lowest BCUT2D eigenvalue weighted by Gasteiger charge is -2.31. The highest BCUT2D eigenvalue weighted by Crippen LogP contribution is 2.25. The van der Waals surface area contributed by atoms with Gasteiger partial charge >= 0.3 is 6.03 Å². The Hall–Kier alpha value is -1.91. The van der Waals surface area contributed by atoms with Crippen LogP contribution in [0.5, 0.6) is 5.75 Å². The lowest BCUT2D eigenvalue weighted by Crippen LogP contribution is -2.41. The SMILES string of the molecule is COc1cc(NC(=O)N2CCCC(C)C2)ccc1N. The molecule has 0 bridgehead atoms. The number of anilines is 2. The summed E-state index contributed by atoms with van der Waals surface area (Å²) in [4.78, 5) is 14.0.